The molecule has 1 aromatic rings. The van der Waals surface area contributed by atoms with Crippen LogP contribution in [0.15, 0.2) is 6.07 Å². The number of hydrogen-bond donors (Lipinski definition) is 2. The van der Waals surface area contributed by atoms with Crippen LogP contribution >= 0.6 is 11.6 Å². The van der Waals surface area contributed by atoms with E-state index in [9.17, 15) is 4.79 Å². The van der Waals surface area contributed by atoms with Crippen LogP contribution in [0.5, 0.6) is 0 Å². The largest absolute Gasteiger partial charge is 0.465 e. The number of amides is 1. The molecule has 1 fully saturated rings. The molecule has 1 aliphatic rings. The fraction of sp³-hybridized carbons (Fsp3) is 0.500. The van der Waals surface area contributed by atoms with E-state index in [4.69, 9.17) is 22.4 Å². The van der Waals surface area contributed by atoms with Crippen molar-refractivity contribution in [1.29, 1.82) is 0 Å². The van der Waals surface area contributed by atoms with Gasteiger partial charge < -0.3 is 20.6 Å². The number of hydrogen-bond acceptors (Lipinski definition) is 5. The summed E-state index contributed by atoms with van der Waals surface area (Å²) >= 11 is 5.83. The molecule has 1 aromatic heterocycles. The Labute approximate surface area is 109 Å². The Morgan fingerprint density at radius 1 is 1.33 bits per heavy atom. The number of nitrogen functional groups attached to an aromatic ring is 1. The molecule has 0 radical (unpaired) electrons. The first kappa shape index (κ1) is 12.7. The summed E-state index contributed by atoms with van der Waals surface area (Å²) < 4.78 is 0. The Balaban J connectivity index is 2.12. The molecule has 0 saturated carbocycles. The molecule has 2 rings (SSSR count). The Kier molecular flexibility index (Phi) is 3.71. The zero-order chi connectivity index (χ0) is 13.1. The summed E-state index contributed by atoms with van der Waals surface area (Å²) in [5, 5.41) is 9.24. The third-order valence-corrected chi connectivity index (χ3v) is 2.98. The lowest BCUT2D eigenvalue weighted by Gasteiger charge is -2.21. The van der Waals surface area contributed by atoms with E-state index < -0.39 is 6.09 Å². The average molecular weight is 272 g/mol. The summed E-state index contributed by atoms with van der Waals surface area (Å²) in [6.45, 7) is 2.26. The van der Waals surface area contributed by atoms with E-state index in [0.29, 0.717) is 25.5 Å². The molecule has 98 valence electrons. The predicted octanol–water partition coefficient (Wildman–Crippen LogP) is 0.902. The Morgan fingerprint density at radius 3 is 2.78 bits per heavy atom. The number of anilines is 2. The van der Waals surface area contributed by atoms with Crippen molar-refractivity contribution in [2.45, 2.75) is 6.42 Å². The van der Waals surface area contributed by atoms with Crippen LogP contribution in [-0.2, 0) is 0 Å². The molecule has 1 saturated heterocycles. The molecule has 2 heterocycles. The van der Waals surface area contributed by atoms with Gasteiger partial charge in [0.25, 0.3) is 0 Å². The highest BCUT2D eigenvalue weighted by Gasteiger charge is 2.19. The van der Waals surface area contributed by atoms with Gasteiger partial charge in [0, 0.05) is 32.2 Å². The first-order valence-corrected chi connectivity index (χ1v) is 5.97. The zero-order valence-corrected chi connectivity index (χ0v) is 10.5. The minimum absolute atomic E-state index is 0.122. The molecule has 0 bridgehead atoms. The van der Waals surface area contributed by atoms with E-state index in [2.05, 4.69) is 9.97 Å². The number of nitrogens with zero attached hydrogens (tertiary/aromatic N) is 4. The maximum atomic E-state index is 10.9. The van der Waals surface area contributed by atoms with Crippen molar-refractivity contribution in [2.75, 3.05) is 36.8 Å². The van der Waals surface area contributed by atoms with Crippen LogP contribution in [0.3, 0.4) is 0 Å². The fourth-order valence-electron chi connectivity index (χ4n) is 1.92. The summed E-state index contributed by atoms with van der Waals surface area (Å²) in [5.41, 5.74) is 5.54. The quantitative estimate of drug-likeness (QED) is 0.737. The van der Waals surface area contributed by atoms with Gasteiger partial charge in [-0.05, 0) is 6.42 Å². The molecular weight excluding hydrogens is 258 g/mol. The molecule has 0 atom stereocenters. The molecule has 1 amide bonds. The molecule has 0 unspecified atom stereocenters. The van der Waals surface area contributed by atoms with Crippen molar-refractivity contribution in [3.8, 4) is 0 Å². The topological polar surface area (TPSA) is 95.6 Å². The Morgan fingerprint density at radius 2 is 2.11 bits per heavy atom. The molecule has 18 heavy (non-hydrogen) atoms. The van der Waals surface area contributed by atoms with Crippen LogP contribution in [0, 0.1) is 0 Å². The molecule has 3 N–H and O–H groups in total. The maximum absolute atomic E-state index is 10.9. The molecule has 0 aromatic carbocycles. The van der Waals surface area contributed by atoms with Crippen molar-refractivity contribution in [3.63, 3.8) is 0 Å². The predicted molar refractivity (Wildman–Crippen MR) is 67.9 cm³/mol. The average Bonchev–Trinajstić information content (AvgIpc) is 2.52. The van der Waals surface area contributed by atoms with Gasteiger partial charge in [0.15, 0.2) is 0 Å². The van der Waals surface area contributed by atoms with Crippen LogP contribution in [0.25, 0.3) is 0 Å². The summed E-state index contributed by atoms with van der Waals surface area (Å²) in [5.74, 6) is 0.761. The van der Waals surface area contributed by atoms with Gasteiger partial charge in [-0.2, -0.15) is 4.98 Å². The monoisotopic (exact) mass is 271 g/mol. The lowest BCUT2D eigenvalue weighted by Crippen LogP contribution is -2.34. The second-order valence-corrected chi connectivity index (χ2v) is 4.40. The van der Waals surface area contributed by atoms with Crippen molar-refractivity contribution in [1.82, 2.24) is 14.9 Å². The maximum Gasteiger partial charge on any atom is 0.407 e. The highest BCUT2D eigenvalue weighted by atomic mass is 35.5. The molecule has 8 heteroatoms. The lowest BCUT2D eigenvalue weighted by atomic mass is 10.4. The van der Waals surface area contributed by atoms with Gasteiger partial charge in [-0.15, -0.1) is 0 Å². The van der Waals surface area contributed by atoms with E-state index in [-0.39, 0.29) is 11.1 Å². The molecule has 0 spiro atoms. The molecule has 7 nitrogen and oxygen atoms in total. The number of halogens is 1. The molecular formula is C10H14ClN5O2. The number of aromatic nitrogens is 2. The van der Waals surface area contributed by atoms with Crippen molar-refractivity contribution >= 4 is 29.5 Å². The van der Waals surface area contributed by atoms with Gasteiger partial charge in [-0.25, -0.2) is 9.78 Å². The second kappa shape index (κ2) is 5.26. The lowest BCUT2D eigenvalue weighted by molar-refractivity contribution is 0.148. The van der Waals surface area contributed by atoms with Crippen LogP contribution < -0.4 is 10.6 Å². The molecule has 1 aliphatic heterocycles. The van der Waals surface area contributed by atoms with Gasteiger partial charge >= 0.3 is 6.09 Å². The van der Waals surface area contributed by atoms with Crippen molar-refractivity contribution in [3.05, 3.63) is 11.2 Å². The van der Waals surface area contributed by atoms with Crippen molar-refractivity contribution < 1.29 is 9.90 Å². The van der Waals surface area contributed by atoms with Gasteiger partial charge in [-0.1, -0.05) is 11.6 Å². The first-order chi connectivity index (χ1) is 8.56. The Bertz CT molecular complexity index is 436. The summed E-state index contributed by atoms with van der Waals surface area (Å²) in [7, 11) is 0. The summed E-state index contributed by atoms with van der Waals surface area (Å²) in [4.78, 5) is 22.2. The van der Waals surface area contributed by atoms with E-state index in [1.165, 1.54) is 4.90 Å². The van der Waals surface area contributed by atoms with E-state index in [1.54, 1.807) is 6.07 Å². The van der Waals surface area contributed by atoms with Gasteiger partial charge in [0.2, 0.25) is 5.95 Å². The van der Waals surface area contributed by atoms with Crippen LogP contribution in [0.2, 0.25) is 5.15 Å². The Hall–Kier alpha value is -1.76. The first-order valence-electron chi connectivity index (χ1n) is 5.59. The van der Waals surface area contributed by atoms with Crippen LogP contribution in [0.4, 0.5) is 16.6 Å². The van der Waals surface area contributed by atoms with Gasteiger partial charge in [0.1, 0.15) is 11.0 Å². The van der Waals surface area contributed by atoms with E-state index in [0.717, 1.165) is 13.0 Å². The molecule has 0 aliphatic carbocycles. The number of carbonyl (C=O) groups is 1. The highest BCUT2D eigenvalue weighted by Crippen LogP contribution is 2.18. The van der Waals surface area contributed by atoms with Gasteiger partial charge in [0.05, 0.1) is 0 Å². The SMILES string of the molecule is Nc1nc(Cl)cc(N2CCCN(C(=O)O)CC2)n1. The van der Waals surface area contributed by atoms with Crippen LogP contribution in [0.1, 0.15) is 6.42 Å². The summed E-state index contributed by atoms with van der Waals surface area (Å²) in [6, 6.07) is 1.63. The second-order valence-electron chi connectivity index (χ2n) is 4.02. The van der Waals surface area contributed by atoms with Crippen molar-refractivity contribution in [2.24, 2.45) is 0 Å². The van der Waals surface area contributed by atoms with Gasteiger partial charge in [-0.3, -0.25) is 0 Å². The smallest absolute Gasteiger partial charge is 0.407 e. The number of nitrogens with two attached hydrogens (primary N) is 1. The van der Waals surface area contributed by atoms with E-state index in [1.807, 2.05) is 4.90 Å². The summed E-state index contributed by atoms with van der Waals surface area (Å²) in [6.07, 6.45) is -0.148. The van der Waals surface area contributed by atoms with E-state index >= 15 is 0 Å². The third-order valence-electron chi connectivity index (χ3n) is 2.79. The zero-order valence-electron chi connectivity index (χ0n) is 9.71. The number of carboxylic acid groups (broad SMARTS) is 1. The fourth-order valence-corrected chi connectivity index (χ4v) is 2.11. The standard InChI is InChI=1S/C10H14ClN5O2/c11-7-6-8(14-9(12)13-7)15-2-1-3-16(5-4-15)10(17)18/h6H,1-5H2,(H,17,18)(H2,12,13,14). The minimum atomic E-state index is -0.892. The normalized spacial score (nSPS) is 16.5. The van der Waals surface area contributed by atoms with Crippen LogP contribution in [-0.4, -0.2) is 52.2 Å². The number of rotatable bonds is 1. The minimum Gasteiger partial charge on any atom is -0.465 e. The third kappa shape index (κ3) is 2.92. The highest BCUT2D eigenvalue weighted by molar-refractivity contribution is 6.29.